The van der Waals surface area contributed by atoms with Gasteiger partial charge in [0, 0.05) is 25.2 Å². The zero-order valence-corrected chi connectivity index (χ0v) is 11.5. The fraction of sp³-hybridized carbons (Fsp3) is 0.455. The molecule has 0 aromatic heterocycles. The van der Waals surface area contributed by atoms with Crippen LogP contribution >= 0.6 is 0 Å². The second-order valence-electron chi connectivity index (χ2n) is 4.50. The number of rotatable bonds is 4. The van der Waals surface area contributed by atoms with E-state index in [1.54, 1.807) is 0 Å². The summed E-state index contributed by atoms with van der Waals surface area (Å²) in [6.07, 6.45) is -4.48. The van der Waals surface area contributed by atoms with Crippen LogP contribution in [0.1, 0.15) is 6.42 Å². The lowest BCUT2D eigenvalue weighted by molar-refractivity contribution is -0.274. The van der Waals surface area contributed by atoms with Gasteiger partial charge in [-0.2, -0.15) is 4.31 Å². The molecule has 1 fully saturated rings. The van der Waals surface area contributed by atoms with Gasteiger partial charge < -0.3 is 9.94 Å². The minimum absolute atomic E-state index is 0.0448. The molecular weight excluding hydrogens is 313 g/mol. The summed E-state index contributed by atoms with van der Waals surface area (Å²) in [5, 5.41) is 8.78. The zero-order chi connectivity index (χ0) is 15.7. The molecule has 0 bridgehead atoms. The van der Waals surface area contributed by atoms with Crippen molar-refractivity contribution in [3.05, 3.63) is 24.3 Å². The van der Waals surface area contributed by atoms with Gasteiger partial charge in [-0.05, 0) is 18.6 Å². The molecule has 6 nitrogen and oxygen atoms in total. The van der Waals surface area contributed by atoms with Crippen molar-refractivity contribution in [3.8, 4) is 5.75 Å². The molecule has 0 amide bonds. The average Bonchev–Trinajstić information content (AvgIpc) is 2.86. The first-order valence-electron chi connectivity index (χ1n) is 5.98. The van der Waals surface area contributed by atoms with E-state index in [0.29, 0.717) is 6.42 Å². The van der Waals surface area contributed by atoms with Crippen molar-refractivity contribution in [1.29, 1.82) is 0 Å². The van der Waals surface area contributed by atoms with Gasteiger partial charge in [0.25, 0.3) is 0 Å². The second kappa shape index (κ2) is 5.79. The predicted octanol–water partition coefficient (Wildman–Crippen LogP) is 1.33. The molecule has 1 heterocycles. The number of nitrogens with zero attached hydrogens (tertiary/aromatic N) is 1. The summed E-state index contributed by atoms with van der Waals surface area (Å²) in [5.74, 6) is -0.598. The van der Waals surface area contributed by atoms with E-state index < -0.39 is 28.2 Å². The number of nitrogens with one attached hydrogen (secondary N) is 1. The Bertz CT molecular complexity index is 606. The molecule has 0 aliphatic carbocycles. The molecule has 0 saturated carbocycles. The first kappa shape index (κ1) is 16.0. The lowest BCUT2D eigenvalue weighted by Crippen LogP contribution is -2.33. The minimum atomic E-state index is -4.89. The highest BCUT2D eigenvalue weighted by atomic mass is 32.2. The molecule has 118 valence electrons. The van der Waals surface area contributed by atoms with Gasteiger partial charge in [-0.15, -0.1) is 13.2 Å². The maximum atomic E-state index is 12.3. The molecule has 1 saturated heterocycles. The number of alkyl halides is 3. The Morgan fingerprint density at radius 1 is 1.38 bits per heavy atom. The fourth-order valence-corrected chi connectivity index (χ4v) is 3.57. The van der Waals surface area contributed by atoms with Crippen LogP contribution in [-0.4, -0.2) is 43.4 Å². The van der Waals surface area contributed by atoms with E-state index in [-0.39, 0.29) is 18.0 Å². The van der Waals surface area contributed by atoms with Gasteiger partial charge in [-0.1, -0.05) is 6.07 Å². The predicted molar refractivity (Wildman–Crippen MR) is 65.2 cm³/mol. The monoisotopic (exact) mass is 326 g/mol. The third-order valence-electron chi connectivity index (χ3n) is 3.01. The Balaban J connectivity index is 2.23. The molecule has 1 aromatic carbocycles. The molecular formula is C11H13F3N2O4S. The van der Waals surface area contributed by atoms with Gasteiger partial charge in [-0.3, -0.25) is 0 Å². The molecule has 21 heavy (non-hydrogen) atoms. The first-order valence-corrected chi connectivity index (χ1v) is 7.42. The van der Waals surface area contributed by atoms with Crippen LogP contribution in [0, 0.1) is 0 Å². The molecule has 0 spiro atoms. The van der Waals surface area contributed by atoms with Gasteiger partial charge in [0.1, 0.15) is 5.75 Å². The highest BCUT2D eigenvalue weighted by molar-refractivity contribution is 7.89. The molecule has 1 aliphatic rings. The van der Waals surface area contributed by atoms with Crippen LogP contribution in [0.5, 0.6) is 5.75 Å². The van der Waals surface area contributed by atoms with E-state index in [9.17, 15) is 21.6 Å². The van der Waals surface area contributed by atoms with E-state index in [4.69, 9.17) is 5.21 Å². The molecule has 2 N–H and O–H groups in total. The van der Waals surface area contributed by atoms with Crippen LogP contribution in [0.4, 0.5) is 13.2 Å². The molecule has 2 rings (SSSR count). The lowest BCUT2D eigenvalue weighted by Gasteiger charge is -2.17. The van der Waals surface area contributed by atoms with E-state index in [1.165, 1.54) is 12.1 Å². The number of benzene rings is 1. The summed E-state index contributed by atoms with van der Waals surface area (Å²) in [6, 6.07) is 3.82. The van der Waals surface area contributed by atoms with Crippen molar-refractivity contribution < 1.29 is 31.5 Å². The van der Waals surface area contributed by atoms with Gasteiger partial charge in [0.2, 0.25) is 10.0 Å². The van der Waals surface area contributed by atoms with Crippen molar-refractivity contribution >= 4 is 10.0 Å². The molecule has 1 unspecified atom stereocenters. The summed E-state index contributed by atoms with van der Waals surface area (Å²) < 4.78 is 65.8. The van der Waals surface area contributed by atoms with Crippen molar-refractivity contribution in [1.82, 2.24) is 9.79 Å². The van der Waals surface area contributed by atoms with Gasteiger partial charge in [-0.25, -0.2) is 13.9 Å². The number of sulfonamides is 1. The van der Waals surface area contributed by atoms with Crippen LogP contribution in [0.25, 0.3) is 0 Å². The zero-order valence-electron chi connectivity index (χ0n) is 10.7. The van der Waals surface area contributed by atoms with Crippen molar-refractivity contribution in [2.45, 2.75) is 23.7 Å². The Morgan fingerprint density at radius 2 is 2.10 bits per heavy atom. The van der Waals surface area contributed by atoms with E-state index in [1.807, 2.05) is 5.48 Å². The van der Waals surface area contributed by atoms with Crippen LogP contribution in [0.15, 0.2) is 29.2 Å². The number of hydroxylamine groups is 1. The molecule has 1 atom stereocenters. The summed E-state index contributed by atoms with van der Waals surface area (Å²) in [5.41, 5.74) is 1.98. The molecule has 10 heteroatoms. The number of halogens is 3. The summed E-state index contributed by atoms with van der Waals surface area (Å²) >= 11 is 0. The highest BCUT2D eigenvalue weighted by Gasteiger charge is 2.34. The van der Waals surface area contributed by atoms with Gasteiger partial charge >= 0.3 is 6.36 Å². The Hall–Kier alpha value is -1.36. The largest absolute Gasteiger partial charge is 0.573 e. The Labute approximate surface area is 119 Å². The van der Waals surface area contributed by atoms with Gasteiger partial charge in [0.15, 0.2) is 0 Å². The topological polar surface area (TPSA) is 78.9 Å². The smallest absolute Gasteiger partial charge is 0.406 e. The summed E-state index contributed by atoms with van der Waals surface area (Å²) in [6.45, 7) is 0.216. The minimum Gasteiger partial charge on any atom is -0.406 e. The number of hydrogen-bond acceptors (Lipinski definition) is 5. The number of ether oxygens (including phenoxy) is 1. The third-order valence-corrected chi connectivity index (χ3v) is 4.87. The quantitative estimate of drug-likeness (QED) is 0.816. The van der Waals surface area contributed by atoms with E-state index in [0.717, 1.165) is 16.4 Å². The normalized spacial score (nSPS) is 20.7. The first-order chi connectivity index (χ1) is 9.72. The fourth-order valence-electron chi connectivity index (χ4n) is 2.03. The number of hydrogen-bond donors (Lipinski definition) is 2. The lowest BCUT2D eigenvalue weighted by atomic mass is 10.3. The Morgan fingerprint density at radius 3 is 2.67 bits per heavy atom. The van der Waals surface area contributed by atoms with Crippen LogP contribution in [0.2, 0.25) is 0 Å². The molecule has 1 aromatic rings. The standard InChI is InChI=1S/C11H13F3N2O4S/c12-11(13,14)20-9-2-1-3-10(6-9)21(18,19)16-5-4-8(7-16)15-17/h1-3,6,8,15,17H,4-5,7H2. The SMILES string of the molecule is O=S(=O)(c1cccc(OC(F)(F)F)c1)N1CCC(NO)C1. The highest BCUT2D eigenvalue weighted by Crippen LogP contribution is 2.27. The summed E-state index contributed by atoms with van der Waals surface area (Å²) in [7, 11) is -3.92. The third kappa shape index (κ3) is 3.84. The van der Waals surface area contributed by atoms with E-state index >= 15 is 0 Å². The average molecular weight is 326 g/mol. The van der Waals surface area contributed by atoms with Crippen LogP contribution < -0.4 is 10.2 Å². The Kier molecular flexibility index (Phi) is 4.42. The molecule has 1 aliphatic heterocycles. The maximum absolute atomic E-state index is 12.3. The van der Waals surface area contributed by atoms with Crippen LogP contribution in [0.3, 0.4) is 0 Å². The van der Waals surface area contributed by atoms with Crippen molar-refractivity contribution in [2.24, 2.45) is 0 Å². The maximum Gasteiger partial charge on any atom is 0.573 e. The van der Waals surface area contributed by atoms with Crippen LogP contribution in [-0.2, 0) is 10.0 Å². The second-order valence-corrected chi connectivity index (χ2v) is 6.44. The molecule has 0 radical (unpaired) electrons. The summed E-state index contributed by atoms with van der Waals surface area (Å²) in [4.78, 5) is -0.289. The van der Waals surface area contributed by atoms with Crippen molar-refractivity contribution in [2.75, 3.05) is 13.1 Å². The van der Waals surface area contributed by atoms with E-state index in [2.05, 4.69) is 4.74 Å². The van der Waals surface area contributed by atoms with Crippen molar-refractivity contribution in [3.63, 3.8) is 0 Å². The van der Waals surface area contributed by atoms with Gasteiger partial charge in [0.05, 0.1) is 4.90 Å².